The highest BCUT2D eigenvalue weighted by Gasteiger charge is 2.28. The number of hydrogen-bond acceptors (Lipinski definition) is 4. The van der Waals surface area contributed by atoms with E-state index in [-0.39, 0.29) is 12.0 Å². The molecule has 0 radical (unpaired) electrons. The second-order valence-electron chi connectivity index (χ2n) is 7.00. The maximum absolute atomic E-state index is 12.2. The first kappa shape index (κ1) is 18.6. The van der Waals surface area contributed by atoms with Gasteiger partial charge in [0.25, 0.3) is 0 Å². The quantitative estimate of drug-likeness (QED) is 0.764. The van der Waals surface area contributed by atoms with Crippen molar-refractivity contribution >= 4 is 22.0 Å². The summed E-state index contributed by atoms with van der Waals surface area (Å²) in [5, 5.41) is 8.98. The number of piperidine rings is 1. The summed E-state index contributed by atoms with van der Waals surface area (Å²) in [5.74, 6) is 0.910. The van der Waals surface area contributed by atoms with Crippen molar-refractivity contribution in [1.29, 1.82) is 5.26 Å². The van der Waals surface area contributed by atoms with Gasteiger partial charge in [0, 0.05) is 19.0 Å². The molecule has 1 aliphatic rings. The van der Waals surface area contributed by atoms with Gasteiger partial charge >= 0.3 is 6.09 Å². The maximum atomic E-state index is 12.2. The summed E-state index contributed by atoms with van der Waals surface area (Å²) in [6.45, 7) is 7.47. The number of ether oxygens (including phenoxy) is 2. The molecule has 1 atom stereocenters. The molecule has 0 saturated carbocycles. The molecule has 1 unspecified atom stereocenters. The minimum absolute atomic E-state index is 0.254. The van der Waals surface area contributed by atoms with Crippen molar-refractivity contribution in [1.82, 2.24) is 4.90 Å². The van der Waals surface area contributed by atoms with Gasteiger partial charge in [-0.15, -0.1) is 0 Å². The molecule has 1 saturated heterocycles. The Bertz CT molecular complexity index is 634. The molecule has 1 aromatic rings. The van der Waals surface area contributed by atoms with Crippen molar-refractivity contribution in [2.45, 2.75) is 39.2 Å². The van der Waals surface area contributed by atoms with Gasteiger partial charge in [-0.05, 0) is 67.7 Å². The van der Waals surface area contributed by atoms with Crippen LogP contribution >= 0.6 is 15.9 Å². The van der Waals surface area contributed by atoms with Gasteiger partial charge in [-0.25, -0.2) is 4.79 Å². The van der Waals surface area contributed by atoms with Crippen molar-refractivity contribution < 1.29 is 14.3 Å². The minimum Gasteiger partial charge on any atom is -0.492 e. The molecule has 24 heavy (non-hydrogen) atoms. The fourth-order valence-electron chi connectivity index (χ4n) is 2.58. The lowest BCUT2D eigenvalue weighted by atomic mass is 9.99. The van der Waals surface area contributed by atoms with Crippen molar-refractivity contribution in [2.24, 2.45) is 5.92 Å². The largest absolute Gasteiger partial charge is 0.492 e. The molecule has 1 heterocycles. The van der Waals surface area contributed by atoms with Gasteiger partial charge in [0.15, 0.2) is 0 Å². The highest BCUT2D eigenvalue weighted by molar-refractivity contribution is 9.10. The van der Waals surface area contributed by atoms with Gasteiger partial charge in [0.2, 0.25) is 0 Å². The Labute approximate surface area is 151 Å². The van der Waals surface area contributed by atoms with Crippen LogP contribution in [0.4, 0.5) is 4.79 Å². The molecule has 2 rings (SSSR count). The van der Waals surface area contributed by atoms with E-state index in [0.717, 1.165) is 23.9 Å². The predicted octanol–water partition coefficient (Wildman–Crippen LogP) is 4.35. The fraction of sp³-hybridized carbons (Fsp3) is 0.556. The minimum atomic E-state index is -0.483. The first-order chi connectivity index (χ1) is 11.3. The lowest BCUT2D eigenvalue weighted by Gasteiger charge is -2.34. The molecule has 0 aliphatic carbocycles. The zero-order valence-corrected chi connectivity index (χ0v) is 15.9. The second kappa shape index (κ2) is 7.89. The van der Waals surface area contributed by atoms with E-state index >= 15 is 0 Å². The van der Waals surface area contributed by atoms with E-state index in [1.807, 2.05) is 26.8 Å². The maximum Gasteiger partial charge on any atom is 0.410 e. The zero-order chi connectivity index (χ0) is 17.7. The number of amides is 1. The second-order valence-corrected chi connectivity index (χ2v) is 7.86. The molecular formula is C18H23BrN2O3. The average molecular weight is 395 g/mol. The van der Waals surface area contributed by atoms with Crippen molar-refractivity contribution in [3.8, 4) is 11.8 Å². The molecule has 1 fully saturated rings. The van der Waals surface area contributed by atoms with Crippen LogP contribution in [-0.4, -0.2) is 36.3 Å². The Morgan fingerprint density at radius 3 is 2.88 bits per heavy atom. The Balaban J connectivity index is 1.92. The molecule has 130 valence electrons. The lowest BCUT2D eigenvalue weighted by molar-refractivity contribution is 0.0139. The van der Waals surface area contributed by atoms with Crippen LogP contribution in [0.1, 0.15) is 39.2 Å². The van der Waals surface area contributed by atoms with E-state index in [2.05, 4.69) is 22.0 Å². The SMILES string of the molecule is CC(C)(C)OC(=O)N1CCCC(COc2cc(C#N)ccc2Br)C1. The van der Waals surface area contributed by atoms with Gasteiger partial charge in [-0.1, -0.05) is 0 Å². The Hall–Kier alpha value is -1.74. The molecule has 0 spiro atoms. The highest BCUT2D eigenvalue weighted by atomic mass is 79.9. The number of likely N-dealkylation sites (tertiary alicyclic amines) is 1. The van der Waals surface area contributed by atoms with E-state index in [1.54, 1.807) is 17.0 Å². The molecule has 1 aliphatic heterocycles. The Morgan fingerprint density at radius 2 is 2.21 bits per heavy atom. The lowest BCUT2D eigenvalue weighted by Crippen LogP contribution is -2.44. The first-order valence-electron chi connectivity index (χ1n) is 8.09. The van der Waals surface area contributed by atoms with Crippen LogP contribution < -0.4 is 4.74 Å². The van der Waals surface area contributed by atoms with Gasteiger partial charge in [-0.2, -0.15) is 5.26 Å². The highest BCUT2D eigenvalue weighted by Crippen LogP contribution is 2.27. The topological polar surface area (TPSA) is 62.6 Å². The third kappa shape index (κ3) is 5.41. The van der Waals surface area contributed by atoms with E-state index in [9.17, 15) is 4.79 Å². The van der Waals surface area contributed by atoms with Gasteiger partial charge in [0.1, 0.15) is 11.4 Å². The number of nitriles is 1. The smallest absolute Gasteiger partial charge is 0.410 e. The molecule has 6 heteroatoms. The van der Waals surface area contributed by atoms with E-state index in [0.29, 0.717) is 24.5 Å². The van der Waals surface area contributed by atoms with Gasteiger partial charge < -0.3 is 14.4 Å². The van der Waals surface area contributed by atoms with Crippen molar-refractivity contribution in [3.05, 3.63) is 28.2 Å². The van der Waals surface area contributed by atoms with Crippen LogP contribution in [0.2, 0.25) is 0 Å². The monoisotopic (exact) mass is 394 g/mol. The molecular weight excluding hydrogens is 372 g/mol. The predicted molar refractivity (Wildman–Crippen MR) is 94.9 cm³/mol. The van der Waals surface area contributed by atoms with E-state index in [4.69, 9.17) is 14.7 Å². The summed E-state index contributed by atoms with van der Waals surface area (Å²) < 4.78 is 12.1. The summed E-state index contributed by atoms with van der Waals surface area (Å²) in [6.07, 6.45) is 1.68. The van der Waals surface area contributed by atoms with Crippen LogP contribution in [0.25, 0.3) is 0 Å². The third-order valence-corrected chi connectivity index (χ3v) is 4.36. The number of benzene rings is 1. The van der Waals surface area contributed by atoms with Crippen molar-refractivity contribution in [2.75, 3.05) is 19.7 Å². The molecule has 0 bridgehead atoms. The van der Waals surface area contributed by atoms with E-state index < -0.39 is 5.60 Å². The average Bonchev–Trinajstić information content (AvgIpc) is 2.53. The first-order valence-corrected chi connectivity index (χ1v) is 8.88. The normalized spacial score (nSPS) is 18.0. The summed E-state index contributed by atoms with van der Waals surface area (Å²) in [4.78, 5) is 13.9. The fourth-order valence-corrected chi connectivity index (χ4v) is 2.95. The Kier molecular flexibility index (Phi) is 6.11. The molecule has 1 amide bonds. The molecule has 5 nitrogen and oxygen atoms in total. The van der Waals surface area contributed by atoms with Crippen molar-refractivity contribution in [3.63, 3.8) is 0 Å². The standard InChI is InChI=1S/C18H23BrN2O3/c1-18(2,3)24-17(22)21-8-4-5-14(11-21)12-23-16-9-13(10-20)6-7-15(16)19/h6-7,9,14H,4-5,8,11-12H2,1-3H3. The van der Waals surface area contributed by atoms with Crippen LogP contribution in [0.15, 0.2) is 22.7 Å². The molecule has 1 aromatic carbocycles. The van der Waals surface area contributed by atoms with Gasteiger partial charge in [0.05, 0.1) is 22.7 Å². The van der Waals surface area contributed by atoms with Crippen LogP contribution in [0, 0.1) is 17.2 Å². The van der Waals surface area contributed by atoms with Crippen LogP contribution in [-0.2, 0) is 4.74 Å². The number of hydrogen-bond donors (Lipinski definition) is 0. The molecule has 0 aromatic heterocycles. The summed E-state index contributed by atoms with van der Waals surface area (Å²) >= 11 is 3.43. The number of carbonyl (C=O) groups excluding carboxylic acids is 1. The number of rotatable bonds is 3. The van der Waals surface area contributed by atoms with Gasteiger partial charge in [-0.3, -0.25) is 0 Å². The number of halogens is 1. The number of carbonyl (C=O) groups is 1. The zero-order valence-electron chi connectivity index (χ0n) is 14.3. The summed E-state index contributed by atoms with van der Waals surface area (Å²) in [5.41, 5.74) is 0.0792. The Morgan fingerprint density at radius 1 is 1.46 bits per heavy atom. The summed E-state index contributed by atoms with van der Waals surface area (Å²) in [6, 6.07) is 7.37. The van der Waals surface area contributed by atoms with Crippen LogP contribution in [0.3, 0.4) is 0 Å². The van der Waals surface area contributed by atoms with Crippen LogP contribution in [0.5, 0.6) is 5.75 Å². The summed E-state index contributed by atoms with van der Waals surface area (Å²) in [7, 11) is 0. The third-order valence-electron chi connectivity index (χ3n) is 3.71. The number of nitrogens with zero attached hydrogens (tertiary/aromatic N) is 2. The van der Waals surface area contributed by atoms with E-state index in [1.165, 1.54) is 0 Å². The molecule has 0 N–H and O–H groups in total.